The molecule has 1 amide bonds. The number of carbonyl (C=O) groups is 1. The molecule has 0 saturated carbocycles. The van der Waals surface area contributed by atoms with Crippen molar-refractivity contribution in [2.24, 2.45) is 5.10 Å². The van der Waals surface area contributed by atoms with Gasteiger partial charge in [0.2, 0.25) is 0 Å². The minimum Gasteiger partial charge on any atom is -0.496 e. The standard InChI is InChI=1S/C19H22BrN3O3/c1-12-6-5-7-15(8-12)22-13(2)19(24)23-21-11-14-9-16(20)18(26-4)10-17(14)25-3/h5-11,13,22H,1-4H3,(H,23,24)/b21-11-/t13-/m0/s1. The minimum atomic E-state index is -0.432. The van der Waals surface area contributed by atoms with Crippen molar-refractivity contribution in [2.75, 3.05) is 19.5 Å². The van der Waals surface area contributed by atoms with Crippen molar-refractivity contribution in [1.29, 1.82) is 0 Å². The molecule has 0 heterocycles. The third-order valence-corrected chi connectivity index (χ3v) is 4.30. The van der Waals surface area contributed by atoms with Gasteiger partial charge >= 0.3 is 0 Å². The second-order valence-electron chi connectivity index (χ2n) is 5.70. The molecule has 0 aliphatic heterocycles. The Morgan fingerprint density at radius 2 is 1.92 bits per heavy atom. The average molecular weight is 420 g/mol. The SMILES string of the molecule is COc1cc(OC)c(/C=N\NC(=O)[C@H](C)Nc2cccc(C)c2)cc1Br. The first-order valence-electron chi connectivity index (χ1n) is 8.02. The van der Waals surface area contributed by atoms with E-state index in [0.717, 1.165) is 15.7 Å². The molecule has 138 valence electrons. The highest BCUT2D eigenvalue weighted by Crippen LogP contribution is 2.31. The number of carbonyl (C=O) groups excluding carboxylic acids is 1. The van der Waals surface area contributed by atoms with Crippen molar-refractivity contribution in [3.05, 3.63) is 52.0 Å². The van der Waals surface area contributed by atoms with E-state index in [-0.39, 0.29) is 5.91 Å². The monoisotopic (exact) mass is 419 g/mol. The van der Waals surface area contributed by atoms with Crippen LogP contribution in [-0.2, 0) is 4.79 Å². The number of ether oxygens (including phenoxy) is 2. The molecular formula is C19H22BrN3O3. The number of hydrogen-bond donors (Lipinski definition) is 2. The molecule has 2 aromatic carbocycles. The Labute approximate surface area is 161 Å². The number of amides is 1. The van der Waals surface area contributed by atoms with Crippen LogP contribution in [0.15, 0.2) is 46.0 Å². The lowest BCUT2D eigenvalue weighted by atomic mass is 10.2. The number of halogens is 1. The van der Waals surface area contributed by atoms with Crippen LogP contribution in [0.5, 0.6) is 11.5 Å². The van der Waals surface area contributed by atoms with Crippen LogP contribution in [0, 0.1) is 6.92 Å². The fourth-order valence-corrected chi connectivity index (χ4v) is 2.82. The summed E-state index contributed by atoms with van der Waals surface area (Å²) in [4.78, 5) is 12.2. The van der Waals surface area contributed by atoms with Crippen LogP contribution < -0.4 is 20.2 Å². The lowest BCUT2D eigenvalue weighted by molar-refractivity contribution is -0.121. The summed E-state index contributed by atoms with van der Waals surface area (Å²) < 4.78 is 11.3. The first-order valence-corrected chi connectivity index (χ1v) is 8.81. The minimum absolute atomic E-state index is 0.241. The number of anilines is 1. The molecule has 0 aliphatic carbocycles. The Kier molecular flexibility index (Phi) is 7.03. The van der Waals surface area contributed by atoms with Crippen LogP contribution in [-0.4, -0.2) is 32.4 Å². The summed E-state index contributed by atoms with van der Waals surface area (Å²) in [5.74, 6) is 1.00. The molecule has 0 radical (unpaired) electrons. The van der Waals surface area contributed by atoms with Crippen molar-refractivity contribution in [3.8, 4) is 11.5 Å². The summed E-state index contributed by atoms with van der Waals surface area (Å²) >= 11 is 3.42. The first kappa shape index (κ1) is 19.8. The molecule has 1 atom stereocenters. The highest BCUT2D eigenvalue weighted by Gasteiger charge is 2.12. The maximum absolute atomic E-state index is 12.2. The van der Waals surface area contributed by atoms with Gasteiger partial charge in [0.15, 0.2) is 0 Å². The zero-order valence-corrected chi connectivity index (χ0v) is 16.8. The van der Waals surface area contributed by atoms with Crippen LogP contribution >= 0.6 is 15.9 Å². The van der Waals surface area contributed by atoms with E-state index in [2.05, 4.69) is 31.8 Å². The van der Waals surface area contributed by atoms with Crippen molar-refractivity contribution >= 4 is 33.7 Å². The second kappa shape index (κ2) is 9.24. The van der Waals surface area contributed by atoms with Gasteiger partial charge in [-0.15, -0.1) is 0 Å². The summed E-state index contributed by atoms with van der Waals surface area (Å²) in [6.45, 7) is 3.78. The van der Waals surface area contributed by atoms with E-state index in [1.807, 2.05) is 37.3 Å². The van der Waals surface area contributed by atoms with Gasteiger partial charge < -0.3 is 14.8 Å². The molecular weight excluding hydrogens is 398 g/mol. The fourth-order valence-electron chi connectivity index (χ4n) is 2.30. The largest absolute Gasteiger partial charge is 0.496 e. The van der Waals surface area contributed by atoms with Gasteiger partial charge in [0.1, 0.15) is 17.5 Å². The summed E-state index contributed by atoms with van der Waals surface area (Å²) in [5.41, 5.74) is 5.25. The Hall–Kier alpha value is -2.54. The number of benzene rings is 2. The number of hydrazone groups is 1. The smallest absolute Gasteiger partial charge is 0.262 e. The van der Waals surface area contributed by atoms with Crippen LogP contribution in [0.25, 0.3) is 0 Å². The maximum Gasteiger partial charge on any atom is 0.262 e. The molecule has 0 unspecified atom stereocenters. The molecule has 2 aromatic rings. The predicted molar refractivity (Wildman–Crippen MR) is 107 cm³/mol. The van der Waals surface area contributed by atoms with Crippen LogP contribution in [0.3, 0.4) is 0 Å². The number of aryl methyl sites for hydroxylation is 1. The van der Waals surface area contributed by atoms with Crippen molar-refractivity contribution in [2.45, 2.75) is 19.9 Å². The summed E-state index contributed by atoms with van der Waals surface area (Å²) in [7, 11) is 3.14. The number of methoxy groups -OCH3 is 2. The van der Waals surface area contributed by atoms with Crippen LogP contribution in [0.1, 0.15) is 18.1 Å². The van der Waals surface area contributed by atoms with Gasteiger partial charge in [-0.1, -0.05) is 12.1 Å². The normalized spacial score (nSPS) is 11.9. The van der Waals surface area contributed by atoms with E-state index >= 15 is 0 Å². The topological polar surface area (TPSA) is 72.0 Å². The molecule has 2 rings (SSSR count). The highest BCUT2D eigenvalue weighted by atomic mass is 79.9. The highest BCUT2D eigenvalue weighted by molar-refractivity contribution is 9.10. The molecule has 6 nitrogen and oxygen atoms in total. The zero-order chi connectivity index (χ0) is 19.1. The molecule has 0 spiro atoms. The second-order valence-corrected chi connectivity index (χ2v) is 6.55. The lowest BCUT2D eigenvalue weighted by Gasteiger charge is -2.14. The number of nitrogens with zero attached hydrogens (tertiary/aromatic N) is 1. The molecule has 26 heavy (non-hydrogen) atoms. The molecule has 0 bridgehead atoms. The Morgan fingerprint density at radius 3 is 2.58 bits per heavy atom. The number of rotatable bonds is 7. The average Bonchev–Trinajstić information content (AvgIpc) is 2.61. The van der Waals surface area contributed by atoms with E-state index in [1.165, 1.54) is 6.21 Å². The number of nitrogens with one attached hydrogen (secondary N) is 2. The molecule has 0 saturated heterocycles. The maximum atomic E-state index is 12.2. The summed E-state index contributed by atoms with van der Waals surface area (Å²) in [5, 5.41) is 7.16. The quantitative estimate of drug-likeness (QED) is 0.529. The van der Waals surface area contributed by atoms with E-state index in [4.69, 9.17) is 9.47 Å². The molecule has 0 aliphatic rings. The van der Waals surface area contributed by atoms with Crippen LogP contribution in [0.2, 0.25) is 0 Å². The Bertz CT molecular complexity index is 809. The van der Waals surface area contributed by atoms with Crippen molar-refractivity contribution < 1.29 is 14.3 Å². The molecule has 0 fully saturated rings. The zero-order valence-electron chi connectivity index (χ0n) is 15.2. The van der Waals surface area contributed by atoms with Crippen LogP contribution in [0.4, 0.5) is 5.69 Å². The fraction of sp³-hybridized carbons (Fsp3) is 0.263. The van der Waals surface area contributed by atoms with E-state index < -0.39 is 6.04 Å². The van der Waals surface area contributed by atoms with Gasteiger partial charge in [-0.2, -0.15) is 5.10 Å². The van der Waals surface area contributed by atoms with E-state index in [0.29, 0.717) is 17.1 Å². The van der Waals surface area contributed by atoms with Gasteiger partial charge in [-0.25, -0.2) is 5.43 Å². The Balaban J connectivity index is 2.01. The van der Waals surface area contributed by atoms with Gasteiger partial charge in [0.05, 0.1) is 24.9 Å². The van der Waals surface area contributed by atoms with E-state index in [1.54, 1.807) is 27.2 Å². The van der Waals surface area contributed by atoms with Gasteiger partial charge in [-0.05, 0) is 53.5 Å². The molecule has 7 heteroatoms. The van der Waals surface area contributed by atoms with Crippen molar-refractivity contribution in [1.82, 2.24) is 5.43 Å². The van der Waals surface area contributed by atoms with Gasteiger partial charge in [0, 0.05) is 17.3 Å². The third kappa shape index (κ3) is 5.23. The predicted octanol–water partition coefficient (Wildman–Crippen LogP) is 3.73. The molecule has 2 N–H and O–H groups in total. The van der Waals surface area contributed by atoms with Gasteiger partial charge in [-0.3, -0.25) is 4.79 Å². The Morgan fingerprint density at radius 1 is 1.19 bits per heavy atom. The summed E-state index contributed by atoms with van der Waals surface area (Å²) in [6, 6.07) is 11.0. The summed E-state index contributed by atoms with van der Waals surface area (Å²) in [6.07, 6.45) is 1.53. The third-order valence-electron chi connectivity index (χ3n) is 3.68. The first-order chi connectivity index (χ1) is 12.4. The van der Waals surface area contributed by atoms with Crippen molar-refractivity contribution in [3.63, 3.8) is 0 Å². The molecule has 0 aromatic heterocycles. The van der Waals surface area contributed by atoms with Gasteiger partial charge in [0.25, 0.3) is 5.91 Å². The number of hydrogen-bond acceptors (Lipinski definition) is 5. The van der Waals surface area contributed by atoms with E-state index in [9.17, 15) is 4.79 Å². The lowest BCUT2D eigenvalue weighted by Crippen LogP contribution is -2.34.